The number of oxime groups is 1. The molecule has 106 valence electrons. The number of amidine groups is 1. The first-order valence-corrected chi connectivity index (χ1v) is 6.33. The first kappa shape index (κ1) is 15.5. The van der Waals surface area contributed by atoms with Gasteiger partial charge in [0.25, 0.3) is 0 Å². The van der Waals surface area contributed by atoms with Gasteiger partial charge in [0.1, 0.15) is 5.82 Å². The zero-order chi connectivity index (χ0) is 14.4. The number of hydrogen-bond acceptors (Lipinski definition) is 5. The van der Waals surface area contributed by atoms with Gasteiger partial charge in [0, 0.05) is 25.4 Å². The van der Waals surface area contributed by atoms with E-state index in [1.807, 2.05) is 26.0 Å². The zero-order valence-electron chi connectivity index (χ0n) is 11.5. The van der Waals surface area contributed by atoms with Crippen LogP contribution in [0.1, 0.15) is 12.0 Å². The SMILES string of the molecule is CN(C)CCCN(C)c1nccc(/C(N)=N/O)c1Cl. The van der Waals surface area contributed by atoms with E-state index in [4.69, 9.17) is 22.5 Å². The number of nitrogens with two attached hydrogens (primary N) is 1. The van der Waals surface area contributed by atoms with Crippen LogP contribution in [0.3, 0.4) is 0 Å². The molecule has 0 saturated heterocycles. The van der Waals surface area contributed by atoms with Crippen LogP contribution in [0.2, 0.25) is 5.02 Å². The monoisotopic (exact) mass is 285 g/mol. The van der Waals surface area contributed by atoms with Crippen LogP contribution >= 0.6 is 11.6 Å². The number of anilines is 1. The topological polar surface area (TPSA) is 78.0 Å². The summed E-state index contributed by atoms with van der Waals surface area (Å²) in [6.07, 6.45) is 2.59. The Morgan fingerprint density at radius 1 is 1.42 bits per heavy atom. The second kappa shape index (κ2) is 7.16. The van der Waals surface area contributed by atoms with Crippen molar-refractivity contribution in [3.8, 4) is 0 Å². The van der Waals surface area contributed by atoms with Crippen molar-refractivity contribution in [3.05, 3.63) is 22.8 Å². The van der Waals surface area contributed by atoms with Crippen molar-refractivity contribution in [2.75, 3.05) is 39.1 Å². The number of aromatic nitrogens is 1. The molecule has 7 heteroatoms. The number of nitrogens with zero attached hydrogens (tertiary/aromatic N) is 4. The molecule has 0 aliphatic rings. The predicted molar refractivity (Wildman–Crippen MR) is 78.2 cm³/mol. The molecule has 0 radical (unpaired) electrons. The van der Waals surface area contributed by atoms with Gasteiger partial charge in [0.15, 0.2) is 5.84 Å². The minimum Gasteiger partial charge on any atom is -0.409 e. The van der Waals surface area contributed by atoms with Gasteiger partial charge in [-0.05, 0) is 33.1 Å². The number of halogens is 1. The minimum atomic E-state index is -0.0182. The van der Waals surface area contributed by atoms with E-state index < -0.39 is 0 Å². The van der Waals surface area contributed by atoms with E-state index in [9.17, 15) is 0 Å². The molecule has 0 fully saturated rings. The molecule has 0 atom stereocenters. The van der Waals surface area contributed by atoms with Gasteiger partial charge >= 0.3 is 0 Å². The molecule has 1 rings (SSSR count). The molecular weight excluding hydrogens is 266 g/mol. The van der Waals surface area contributed by atoms with Crippen LogP contribution in [0.5, 0.6) is 0 Å². The molecule has 19 heavy (non-hydrogen) atoms. The first-order valence-electron chi connectivity index (χ1n) is 5.95. The summed E-state index contributed by atoms with van der Waals surface area (Å²) in [6.45, 7) is 1.81. The Bertz CT molecular complexity index is 450. The molecule has 1 aromatic rings. The fourth-order valence-corrected chi connectivity index (χ4v) is 2.03. The molecule has 6 nitrogen and oxygen atoms in total. The second-order valence-corrected chi connectivity index (χ2v) is 4.94. The standard InChI is InChI=1S/C12H20ClN5O/c1-17(2)7-4-8-18(3)12-10(13)9(5-6-15-12)11(14)16-19/h5-6,19H,4,7-8H2,1-3H3,(H2,14,16). The second-order valence-electron chi connectivity index (χ2n) is 4.56. The van der Waals surface area contributed by atoms with Crippen molar-refractivity contribution in [3.63, 3.8) is 0 Å². The van der Waals surface area contributed by atoms with Gasteiger partial charge in [-0.2, -0.15) is 0 Å². The van der Waals surface area contributed by atoms with E-state index in [-0.39, 0.29) is 5.84 Å². The lowest BCUT2D eigenvalue weighted by Gasteiger charge is -2.21. The molecule has 3 N–H and O–H groups in total. The predicted octanol–water partition coefficient (Wildman–Crippen LogP) is 1.22. The van der Waals surface area contributed by atoms with Crippen LogP contribution in [0.25, 0.3) is 0 Å². The average molecular weight is 286 g/mol. The molecular formula is C12H20ClN5O. The fraction of sp³-hybridized carbons (Fsp3) is 0.500. The fourth-order valence-electron chi connectivity index (χ4n) is 1.68. The molecule has 1 heterocycles. The van der Waals surface area contributed by atoms with E-state index in [1.165, 1.54) is 0 Å². The number of hydrogen-bond donors (Lipinski definition) is 2. The van der Waals surface area contributed by atoms with Gasteiger partial charge in [0.2, 0.25) is 0 Å². The first-order chi connectivity index (χ1) is 8.97. The van der Waals surface area contributed by atoms with Gasteiger partial charge in [-0.15, -0.1) is 0 Å². The van der Waals surface area contributed by atoms with Crippen LogP contribution in [0.4, 0.5) is 5.82 Å². The van der Waals surface area contributed by atoms with Crippen molar-refractivity contribution in [1.82, 2.24) is 9.88 Å². The molecule has 0 saturated carbocycles. The maximum atomic E-state index is 8.71. The highest BCUT2D eigenvalue weighted by atomic mass is 35.5. The molecule has 0 aliphatic carbocycles. The van der Waals surface area contributed by atoms with Crippen molar-refractivity contribution in [1.29, 1.82) is 0 Å². The third-order valence-electron chi connectivity index (χ3n) is 2.71. The Labute approximate surface area is 118 Å². The highest BCUT2D eigenvalue weighted by molar-refractivity contribution is 6.36. The van der Waals surface area contributed by atoms with Crippen molar-refractivity contribution < 1.29 is 5.21 Å². The van der Waals surface area contributed by atoms with E-state index in [0.29, 0.717) is 16.4 Å². The summed E-state index contributed by atoms with van der Waals surface area (Å²) in [4.78, 5) is 8.32. The van der Waals surface area contributed by atoms with E-state index in [2.05, 4.69) is 15.0 Å². The summed E-state index contributed by atoms with van der Waals surface area (Å²) >= 11 is 6.23. The molecule has 0 amide bonds. The largest absolute Gasteiger partial charge is 0.409 e. The summed E-state index contributed by atoms with van der Waals surface area (Å²) in [5, 5.41) is 12.1. The van der Waals surface area contributed by atoms with Crippen LogP contribution in [-0.4, -0.2) is 55.2 Å². The number of pyridine rings is 1. The normalized spacial score (nSPS) is 11.9. The van der Waals surface area contributed by atoms with Crippen LogP contribution in [0.15, 0.2) is 17.4 Å². The summed E-state index contributed by atoms with van der Waals surface area (Å²) in [5.74, 6) is 0.611. The maximum Gasteiger partial charge on any atom is 0.171 e. The van der Waals surface area contributed by atoms with E-state index in [0.717, 1.165) is 19.5 Å². The summed E-state index contributed by atoms with van der Waals surface area (Å²) < 4.78 is 0. The summed E-state index contributed by atoms with van der Waals surface area (Å²) in [7, 11) is 5.98. The molecule has 0 spiro atoms. The lowest BCUT2D eigenvalue weighted by atomic mass is 10.2. The highest BCUT2D eigenvalue weighted by Crippen LogP contribution is 2.26. The third-order valence-corrected chi connectivity index (χ3v) is 3.09. The lowest BCUT2D eigenvalue weighted by molar-refractivity contribution is 0.318. The molecule has 0 unspecified atom stereocenters. The summed E-state index contributed by atoms with van der Waals surface area (Å²) in [6, 6.07) is 1.62. The molecule has 0 aromatic carbocycles. The Morgan fingerprint density at radius 3 is 2.68 bits per heavy atom. The van der Waals surface area contributed by atoms with Gasteiger partial charge in [-0.1, -0.05) is 16.8 Å². The van der Waals surface area contributed by atoms with Crippen LogP contribution in [0, 0.1) is 0 Å². The average Bonchev–Trinajstić information content (AvgIpc) is 2.37. The smallest absolute Gasteiger partial charge is 0.171 e. The molecule has 0 bridgehead atoms. The summed E-state index contributed by atoms with van der Waals surface area (Å²) in [5.41, 5.74) is 6.05. The third kappa shape index (κ3) is 4.25. The Kier molecular flexibility index (Phi) is 5.85. The molecule has 1 aromatic heterocycles. The van der Waals surface area contributed by atoms with Gasteiger partial charge in [-0.3, -0.25) is 0 Å². The minimum absolute atomic E-state index is 0.0182. The highest BCUT2D eigenvalue weighted by Gasteiger charge is 2.14. The molecule has 0 aliphatic heterocycles. The van der Waals surface area contributed by atoms with Gasteiger partial charge in [-0.25, -0.2) is 4.98 Å². The Hall–Kier alpha value is -1.53. The lowest BCUT2D eigenvalue weighted by Crippen LogP contribution is -2.25. The van der Waals surface area contributed by atoms with Gasteiger partial charge < -0.3 is 20.7 Å². The maximum absolute atomic E-state index is 8.71. The van der Waals surface area contributed by atoms with Crippen molar-refractivity contribution in [2.45, 2.75) is 6.42 Å². The van der Waals surface area contributed by atoms with Crippen LogP contribution < -0.4 is 10.6 Å². The van der Waals surface area contributed by atoms with E-state index >= 15 is 0 Å². The Morgan fingerprint density at radius 2 is 2.11 bits per heavy atom. The Balaban J connectivity index is 2.83. The quantitative estimate of drug-likeness (QED) is 0.356. The zero-order valence-corrected chi connectivity index (χ0v) is 12.2. The number of rotatable bonds is 6. The van der Waals surface area contributed by atoms with Gasteiger partial charge in [0.05, 0.1) is 5.02 Å². The van der Waals surface area contributed by atoms with Crippen LogP contribution in [-0.2, 0) is 0 Å². The van der Waals surface area contributed by atoms with Crippen molar-refractivity contribution >= 4 is 23.3 Å². The van der Waals surface area contributed by atoms with E-state index in [1.54, 1.807) is 12.3 Å². The van der Waals surface area contributed by atoms with Crippen molar-refractivity contribution in [2.24, 2.45) is 10.9 Å².